The van der Waals surface area contributed by atoms with Crippen molar-refractivity contribution in [2.45, 2.75) is 5.79 Å². The highest BCUT2D eigenvalue weighted by atomic mass is 16.2. The lowest BCUT2D eigenvalue weighted by Gasteiger charge is -2.15. The molecule has 0 spiro atoms. The largest absolute Gasteiger partial charge is 0.352 e. The summed E-state index contributed by atoms with van der Waals surface area (Å²) in [5, 5.41) is 9.11. The topological polar surface area (TPSA) is 119 Å². The summed E-state index contributed by atoms with van der Waals surface area (Å²) in [6, 6.07) is 4.99. The first-order chi connectivity index (χ1) is 7.62. The molecule has 7 nitrogen and oxygen atoms in total. The number of primary amides is 1. The van der Waals surface area contributed by atoms with Gasteiger partial charge in [-0.3, -0.25) is 16.0 Å². The number of nitrogens with zero attached hydrogens (tertiary/aromatic N) is 3. The zero-order valence-electron chi connectivity index (χ0n) is 8.45. The van der Waals surface area contributed by atoms with Crippen LogP contribution in [-0.4, -0.2) is 16.8 Å². The number of azo groups is 1. The molecule has 0 saturated heterocycles. The minimum absolute atomic E-state index is 0.729. The average Bonchev–Trinajstić information content (AvgIpc) is 2.67. The molecule has 5 N–H and O–H groups in total. The summed E-state index contributed by atoms with van der Waals surface area (Å²) in [6.45, 7) is 0. The van der Waals surface area contributed by atoms with Crippen LogP contribution in [-0.2, 0) is 0 Å². The van der Waals surface area contributed by atoms with Crippen LogP contribution < -0.4 is 16.8 Å². The molecule has 0 aromatic carbocycles. The summed E-state index contributed by atoms with van der Waals surface area (Å²) >= 11 is 0. The molecule has 84 valence electrons. The van der Waals surface area contributed by atoms with E-state index < -0.39 is 11.8 Å². The van der Waals surface area contributed by atoms with E-state index in [-0.39, 0.29) is 0 Å². The fourth-order valence-corrected chi connectivity index (χ4v) is 0.886. The zero-order valence-corrected chi connectivity index (χ0v) is 8.45. The van der Waals surface area contributed by atoms with Crippen molar-refractivity contribution in [2.24, 2.45) is 21.7 Å². The van der Waals surface area contributed by atoms with Crippen LogP contribution in [0.1, 0.15) is 0 Å². The van der Waals surface area contributed by atoms with Crippen LogP contribution in [0.2, 0.25) is 0 Å². The summed E-state index contributed by atoms with van der Waals surface area (Å²) in [4.78, 5) is 14.0. The molecular weight excluding hydrogens is 208 g/mol. The highest BCUT2D eigenvalue weighted by Gasteiger charge is 2.24. The Morgan fingerprint density at radius 3 is 2.25 bits per heavy atom. The van der Waals surface area contributed by atoms with Crippen molar-refractivity contribution >= 4 is 6.03 Å². The number of nitrogens with two attached hydrogens (primary N) is 2. The monoisotopic (exact) mass is 220 g/mol. The van der Waals surface area contributed by atoms with Crippen LogP contribution in [0.5, 0.6) is 0 Å². The number of carbonyl (C=O) groups excluding carboxylic acids is 1. The fraction of sp³-hybridized carbons (Fsp3) is 0.111. The van der Waals surface area contributed by atoms with Gasteiger partial charge in [0, 0.05) is 18.5 Å². The molecule has 2 heterocycles. The Kier molecular flexibility index (Phi) is 4.10. The van der Waals surface area contributed by atoms with E-state index >= 15 is 0 Å². The van der Waals surface area contributed by atoms with Crippen molar-refractivity contribution in [3.05, 3.63) is 42.9 Å². The Morgan fingerprint density at radius 1 is 1.25 bits per heavy atom. The van der Waals surface area contributed by atoms with Crippen LogP contribution >= 0.6 is 0 Å². The van der Waals surface area contributed by atoms with Crippen molar-refractivity contribution in [3.63, 3.8) is 0 Å². The van der Waals surface area contributed by atoms with E-state index in [1.807, 2.05) is 18.2 Å². The average molecular weight is 220 g/mol. The molecular formula is C9H12N6O. The molecule has 1 aromatic heterocycles. The molecule has 2 amide bonds. The van der Waals surface area contributed by atoms with Crippen LogP contribution in [0.4, 0.5) is 4.79 Å². The number of pyridine rings is 1. The Balaban J connectivity index is 0.000000181. The third-order valence-electron chi connectivity index (χ3n) is 1.51. The number of rotatable bonds is 1. The zero-order chi connectivity index (χ0) is 11.9. The molecule has 1 aromatic rings. The van der Waals surface area contributed by atoms with E-state index in [0.29, 0.717) is 0 Å². The number of aromatic nitrogens is 1. The quantitative estimate of drug-likeness (QED) is 0.591. The van der Waals surface area contributed by atoms with Gasteiger partial charge in [-0.2, -0.15) is 5.11 Å². The predicted molar refractivity (Wildman–Crippen MR) is 57.9 cm³/mol. The highest BCUT2D eigenvalue weighted by Crippen LogP contribution is 2.07. The molecule has 1 atom stereocenters. The molecule has 0 aliphatic carbocycles. The molecule has 0 fully saturated rings. The Labute approximate surface area is 92.3 Å². The van der Waals surface area contributed by atoms with Gasteiger partial charge < -0.3 is 5.73 Å². The number of hydrogen-bond acceptors (Lipinski definition) is 5. The molecule has 7 heteroatoms. The van der Waals surface area contributed by atoms with E-state index in [4.69, 9.17) is 11.5 Å². The number of urea groups is 1. The van der Waals surface area contributed by atoms with E-state index in [1.165, 1.54) is 12.3 Å². The molecule has 16 heavy (non-hydrogen) atoms. The normalized spacial score (nSPS) is 21.1. The van der Waals surface area contributed by atoms with Crippen molar-refractivity contribution in [1.29, 1.82) is 0 Å². The van der Waals surface area contributed by atoms with Crippen LogP contribution in [0.3, 0.4) is 0 Å². The Morgan fingerprint density at radius 2 is 1.94 bits per heavy atom. The predicted octanol–water partition coefficient (Wildman–Crippen LogP) is 0.328. The first-order valence-electron chi connectivity index (χ1n) is 4.44. The highest BCUT2D eigenvalue weighted by molar-refractivity contribution is 5.72. The van der Waals surface area contributed by atoms with Crippen LogP contribution in [0.25, 0.3) is 0 Å². The molecule has 1 aliphatic heterocycles. The van der Waals surface area contributed by atoms with Crippen LogP contribution in [0.15, 0.2) is 53.1 Å². The van der Waals surface area contributed by atoms with Crippen LogP contribution in [0, 0.1) is 0 Å². The molecule has 0 radical (unpaired) electrons. The molecule has 0 saturated carbocycles. The summed E-state index contributed by atoms with van der Waals surface area (Å²) in [7, 11) is 0. The maximum absolute atomic E-state index is 10.3. The molecule has 2 rings (SSSR count). The van der Waals surface area contributed by atoms with Gasteiger partial charge in [0.1, 0.15) is 0 Å². The van der Waals surface area contributed by atoms with Gasteiger partial charge in [0.25, 0.3) is 0 Å². The minimum Gasteiger partial charge on any atom is -0.352 e. The molecule has 1 unspecified atom stereocenters. The maximum Gasteiger partial charge on any atom is 0.315 e. The summed E-state index contributed by atoms with van der Waals surface area (Å²) in [5.41, 5.74) is 10.2. The molecule has 0 bridgehead atoms. The van der Waals surface area contributed by atoms with Gasteiger partial charge in [-0.1, -0.05) is 6.07 Å². The lowest BCUT2D eigenvalue weighted by atomic mass is 10.4. The summed E-state index contributed by atoms with van der Waals surface area (Å²) in [6.07, 6.45) is 6.31. The minimum atomic E-state index is -1.23. The lowest BCUT2D eigenvalue weighted by molar-refractivity contribution is 0.240. The Bertz CT molecular complexity index is 350. The van der Waals surface area contributed by atoms with E-state index in [0.717, 1.165) is 0 Å². The van der Waals surface area contributed by atoms with Crippen molar-refractivity contribution in [3.8, 4) is 0 Å². The Hall–Kier alpha value is -2.28. The second-order valence-electron chi connectivity index (χ2n) is 2.87. The fourth-order valence-electron chi connectivity index (χ4n) is 0.886. The van der Waals surface area contributed by atoms with Gasteiger partial charge in [-0.15, -0.1) is 5.11 Å². The maximum atomic E-state index is 10.3. The number of amides is 2. The SMILES string of the molecule is NC(=O)NC1(N)C=CN=N1.c1ccncc1. The second kappa shape index (κ2) is 5.56. The summed E-state index contributed by atoms with van der Waals surface area (Å²) in [5.74, 6) is -1.23. The van der Waals surface area contributed by atoms with Crippen molar-refractivity contribution in [2.75, 3.05) is 0 Å². The second-order valence-corrected chi connectivity index (χ2v) is 2.87. The van der Waals surface area contributed by atoms with Gasteiger partial charge in [-0.25, -0.2) is 4.79 Å². The molecule has 1 aliphatic rings. The third-order valence-corrected chi connectivity index (χ3v) is 1.51. The van der Waals surface area contributed by atoms with E-state index in [1.54, 1.807) is 12.4 Å². The summed E-state index contributed by atoms with van der Waals surface area (Å²) < 4.78 is 0. The first-order valence-corrected chi connectivity index (χ1v) is 4.44. The van der Waals surface area contributed by atoms with Gasteiger partial charge in [0.15, 0.2) is 0 Å². The van der Waals surface area contributed by atoms with Gasteiger partial charge >= 0.3 is 6.03 Å². The number of nitrogens with one attached hydrogen (secondary N) is 1. The first kappa shape index (κ1) is 11.8. The van der Waals surface area contributed by atoms with E-state index in [9.17, 15) is 4.79 Å². The smallest absolute Gasteiger partial charge is 0.315 e. The number of hydrogen-bond donors (Lipinski definition) is 3. The van der Waals surface area contributed by atoms with Gasteiger partial charge in [0.05, 0.1) is 6.20 Å². The third kappa shape index (κ3) is 4.29. The number of carbonyl (C=O) groups is 1. The van der Waals surface area contributed by atoms with Gasteiger partial charge in [0.2, 0.25) is 5.79 Å². The van der Waals surface area contributed by atoms with Crippen molar-refractivity contribution in [1.82, 2.24) is 10.3 Å². The lowest BCUT2D eigenvalue weighted by Crippen LogP contribution is -2.53. The van der Waals surface area contributed by atoms with Gasteiger partial charge in [-0.05, 0) is 12.1 Å². The standard InChI is InChI=1S/C5H5N.C4H7N5O/c1-2-4-6-5-3-1;5-3(10)8-4(6)1-2-7-9-4/h1-5H;1-2H,6H2,(H3,5,8,10). The van der Waals surface area contributed by atoms with E-state index in [2.05, 4.69) is 20.5 Å². The van der Waals surface area contributed by atoms with Crippen molar-refractivity contribution < 1.29 is 4.79 Å².